The van der Waals surface area contributed by atoms with Gasteiger partial charge in [0.25, 0.3) is 0 Å². The minimum atomic E-state index is -3.16. The number of carbonyl (C=O) groups is 1. The van der Waals surface area contributed by atoms with Crippen LogP contribution in [0.1, 0.15) is 26.7 Å². The van der Waals surface area contributed by atoms with Gasteiger partial charge in [-0.25, -0.2) is 8.42 Å². The maximum absolute atomic E-state index is 11.7. The molecule has 1 atom stereocenters. The van der Waals surface area contributed by atoms with E-state index in [1.54, 1.807) is 18.7 Å². The lowest BCUT2D eigenvalue weighted by Crippen LogP contribution is -2.24. The molecule has 0 N–H and O–H groups in total. The molecule has 1 unspecified atom stereocenters. The number of ether oxygens (including phenoxy) is 1. The van der Waals surface area contributed by atoms with Crippen molar-refractivity contribution in [2.75, 3.05) is 24.4 Å². The summed E-state index contributed by atoms with van der Waals surface area (Å²) in [6.45, 7) is 3.60. The standard InChI is InChI=1S/C10H20O4S2/c1-4-15-6-5-7-16(12,13)9(2)8-10(11)14-3/h9H,4-8H2,1-3H3. The van der Waals surface area contributed by atoms with Crippen molar-refractivity contribution >= 4 is 27.6 Å². The lowest BCUT2D eigenvalue weighted by Gasteiger charge is -2.11. The van der Waals surface area contributed by atoms with Crippen LogP contribution >= 0.6 is 11.8 Å². The molecule has 0 bridgehead atoms. The molecule has 0 amide bonds. The highest BCUT2D eigenvalue weighted by Crippen LogP contribution is 2.11. The Hall–Kier alpha value is -0.230. The fourth-order valence-corrected chi connectivity index (χ4v) is 3.31. The van der Waals surface area contributed by atoms with E-state index in [2.05, 4.69) is 4.74 Å². The summed E-state index contributed by atoms with van der Waals surface area (Å²) >= 11 is 1.72. The van der Waals surface area contributed by atoms with Crippen LogP contribution in [0.4, 0.5) is 0 Å². The van der Waals surface area contributed by atoms with E-state index in [-0.39, 0.29) is 12.2 Å². The van der Waals surface area contributed by atoms with Gasteiger partial charge in [-0.2, -0.15) is 11.8 Å². The topological polar surface area (TPSA) is 60.4 Å². The van der Waals surface area contributed by atoms with E-state index in [1.807, 2.05) is 6.92 Å². The monoisotopic (exact) mass is 268 g/mol. The smallest absolute Gasteiger partial charge is 0.306 e. The Kier molecular flexibility index (Phi) is 7.83. The molecule has 0 spiro atoms. The second-order valence-corrected chi connectivity index (χ2v) is 7.44. The molecule has 0 radical (unpaired) electrons. The predicted octanol–water partition coefficient (Wildman–Crippen LogP) is 1.50. The SMILES string of the molecule is CCSCCCS(=O)(=O)C(C)CC(=O)OC. The van der Waals surface area contributed by atoms with Gasteiger partial charge in [0.05, 0.1) is 24.5 Å². The van der Waals surface area contributed by atoms with Crippen molar-refractivity contribution in [1.82, 2.24) is 0 Å². The van der Waals surface area contributed by atoms with Crippen molar-refractivity contribution in [2.45, 2.75) is 31.9 Å². The van der Waals surface area contributed by atoms with Gasteiger partial charge in [-0.1, -0.05) is 6.92 Å². The number of sulfone groups is 1. The van der Waals surface area contributed by atoms with Gasteiger partial charge in [-0.15, -0.1) is 0 Å². The molecule has 0 aromatic carbocycles. The van der Waals surface area contributed by atoms with Gasteiger partial charge in [-0.3, -0.25) is 4.79 Å². The fraction of sp³-hybridized carbons (Fsp3) is 0.900. The van der Waals surface area contributed by atoms with Crippen LogP contribution in [0.25, 0.3) is 0 Å². The first-order valence-electron chi connectivity index (χ1n) is 5.30. The average Bonchev–Trinajstić information content (AvgIpc) is 2.24. The van der Waals surface area contributed by atoms with Crippen molar-refractivity contribution in [3.63, 3.8) is 0 Å². The molecule has 0 aromatic heterocycles. The normalized spacial score (nSPS) is 13.4. The third kappa shape index (κ3) is 6.37. The van der Waals surface area contributed by atoms with Crippen LogP contribution in [0.2, 0.25) is 0 Å². The summed E-state index contributed by atoms with van der Waals surface area (Å²) in [6.07, 6.45) is 0.589. The van der Waals surface area contributed by atoms with E-state index >= 15 is 0 Å². The van der Waals surface area contributed by atoms with Gasteiger partial charge in [-0.05, 0) is 24.9 Å². The lowest BCUT2D eigenvalue weighted by atomic mass is 10.3. The van der Waals surface area contributed by atoms with Gasteiger partial charge < -0.3 is 4.74 Å². The first-order chi connectivity index (χ1) is 7.44. The molecular formula is C10H20O4S2. The van der Waals surface area contributed by atoms with Crippen LogP contribution < -0.4 is 0 Å². The molecule has 0 saturated heterocycles. The first kappa shape index (κ1) is 15.8. The zero-order valence-corrected chi connectivity index (χ0v) is 11.7. The molecule has 0 saturated carbocycles. The Morgan fingerprint density at radius 3 is 2.56 bits per heavy atom. The molecule has 0 fully saturated rings. The first-order valence-corrected chi connectivity index (χ1v) is 8.17. The number of thioether (sulfide) groups is 1. The minimum absolute atomic E-state index is 0.0558. The van der Waals surface area contributed by atoms with Crippen LogP contribution in [-0.2, 0) is 19.4 Å². The number of esters is 1. The number of hydrogen-bond donors (Lipinski definition) is 0. The summed E-state index contributed by atoms with van der Waals surface area (Å²) in [4.78, 5) is 11.0. The second kappa shape index (κ2) is 7.95. The summed E-state index contributed by atoms with van der Waals surface area (Å²) in [5, 5.41) is -0.647. The minimum Gasteiger partial charge on any atom is -0.469 e. The average molecular weight is 268 g/mol. The van der Waals surface area contributed by atoms with Crippen molar-refractivity contribution in [1.29, 1.82) is 0 Å². The maximum atomic E-state index is 11.7. The van der Waals surface area contributed by atoms with E-state index < -0.39 is 21.1 Å². The molecule has 0 rings (SSSR count). The van der Waals surface area contributed by atoms with E-state index in [0.717, 1.165) is 11.5 Å². The molecule has 0 aliphatic carbocycles. The van der Waals surface area contributed by atoms with E-state index in [1.165, 1.54) is 7.11 Å². The van der Waals surface area contributed by atoms with Crippen molar-refractivity contribution < 1.29 is 17.9 Å². The Morgan fingerprint density at radius 1 is 1.44 bits per heavy atom. The summed E-state index contributed by atoms with van der Waals surface area (Å²) in [5.74, 6) is 1.52. The Bertz CT molecular complexity index is 298. The molecule has 0 aliphatic heterocycles. The van der Waals surface area contributed by atoms with Crippen molar-refractivity contribution in [3.8, 4) is 0 Å². The largest absolute Gasteiger partial charge is 0.469 e. The van der Waals surface area contributed by atoms with E-state index in [0.29, 0.717) is 6.42 Å². The zero-order valence-electron chi connectivity index (χ0n) is 10.1. The quantitative estimate of drug-likeness (QED) is 0.493. The number of rotatable bonds is 8. The van der Waals surface area contributed by atoms with Crippen LogP contribution in [0.3, 0.4) is 0 Å². The summed E-state index contributed by atoms with van der Waals surface area (Å²) in [7, 11) is -1.90. The second-order valence-electron chi connectivity index (χ2n) is 3.51. The van der Waals surface area contributed by atoms with Crippen LogP contribution in [0.5, 0.6) is 0 Å². The predicted molar refractivity (Wildman–Crippen MR) is 67.5 cm³/mol. The van der Waals surface area contributed by atoms with Crippen LogP contribution in [-0.4, -0.2) is 44.0 Å². The maximum Gasteiger partial charge on any atom is 0.306 e. The molecule has 4 nitrogen and oxygen atoms in total. The lowest BCUT2D eigenvalue weighted by molar-refractivity contribution is -0.140. The third-order valence-electron chi connectivity index (χ3n) is 2.22. The molecule has 16 heavy (non-hydrogen) atoms. The summed E-state index contributed by atoms with van der Waals surface area (Å²) in [6, 6.07) is 0. The highest BCUT2D eigenvalue weighted by molar-refractivity contribution is 7.99. The van der Waals surface area contributed by atoms with Crippen molar-refractivity contribution in [3.05, 3.63) is 0 Å². The number of methoxy groups -OCH3 is 1. The highest BCUT2D eigenvalue weighted by atomic mass is 32.2. The molecule has 0 aliphatic rings. The van der Waals surface area contributed by atoms with Crippen LogP contribution in [0, 0.1) is 0 Å². The van der Waals surface area contributed by atoms with E-state index in [4.69, 9.17) is 0 Å². The van der Waals surface area contributed by atoms with E-state index in [9.17, 15) is 13.2 Å². The third-order valence-corrected chi connectivity index (χ3v) is 5.45. The van der Waals surface area contributed by atoms with Gasteiger partial charge in [0.1, 0.15) is 0 Å². The van der Waals surface area contributed by atoms with Gasteiger partial charge in [0.15, 0.2) is 9.84 Å². The Labute approximate surface area is 102 Å². The Morgan fingerprint density at radius 2 is 2.06 bits per heavy atom. The summed E-state index contributed by atoms with van der Waals surface area (Å²) < 4.78 is 27.9. The molecule has 0 aromatic rings. The number of carbonyl (C=O) groups excluding carboxylic acids is 1. The van der Waals surface area contributed by atoms with Gasteiger partial charge >= 0.3 is 5.97 Å². The summed E-state index contributed by atoms with van der Waals surface area (Å²) in [5.41, 5.74) is 0. The van der Waals surface area contributed by atoms with Crippen molar-refractivity contribution in [2.24, 2.45) is 0 Å². The molecule has 0 heterocycles. The number of hydrogen-bond acceptors (Lipinski definition) is 5. The molecule has 6 heteroatoms. The molecule has 96 valence electrons. The Balaban J connectivity index is 4.06. The van der Waals surface area contributed by atoms with Crippen LogP contribution in [0.15, 0.2) is 0 Å². The van der Waals surface area contributed by atoms with Gasteiger partial charge in [0.2, 0.25) is 0 Å². The zero-order chi connectivity index (χ0) is 12.6. The highest BCUT2D eigenvalue weighted by Gasteiger charge is 2.23. The van der Waals surface area contributed by atoms with Gasteiger partial charge in [0, 0.05) is 0 Å². The molecular weight excluding hydrogens is 248 g/mol. The fourth-order valence-electron chi connectivity index (χ4n) is 1.15.